The molecule has 0 unspecified atom stereocenters. The zero-order chi connectivity index (χ0) is 15.1. The molecule has 2 rings (SSSR count). The minimum atomic E-state index is -0.230. The third kappa shape index (κ3) is 4.81. The molecule has 0 saturated carbocycles. The van der Waals surface area contributed by atoms with Crippen LogP contribution in [0.2, 0.25) is 0 Å². The number of benzene rings is 2. The zero-order valence-electron chi connectivity index (χ0n) is 11.8. The van der Waals surface area contributed by atoms with Gasteiger partial charge in [-0.25, -0.2) is 0 Å². The number of amides is 1. The van der Waals surface area contributed by atoms with Crippen LogP contribution in [0.25, 0.3) is 0 Å². The molecule has 0 spiro atoms. The van der Waals surface area contributed by atoms with Gasteiger partial charge in [-0.05, 0) is 29.8 Å². The van der Waals surface area contributed by atoms with Gasteiger partial charge in [-0.15, -0.1) is 0 Å². The van der Waals surface area contributed by atoms with E-state index in [4.69, 9.17) is 15.2 Å². The minimum Gasteiger partial charge on any atom is -0.484 e. The summed E-state index contributed by atoms with van der Waals surface area (Å²) < 4.78 is 10.4. The van der Waals surface area contributed by atoms with Gasteiger partial charge < -0.3 is 20.5 Å². The fraction of sp³-hybridized carbons (Fsp3) is 0.188. The largest absolute Gasteiger partial charge is 0.484 e. The van der Waals surface area contributed by atoms with Gasteiger partial charge in [0.15, 0.2) is 6.61 Å². The van der Waals surface area contributed by atoms with Crippen molar-refractivity contribution in [1.82, 2.24) is 0 Å². The number of nitrogens with one attached hydrogen (secondary N) is 1. The summed E-state index contributed by atoms with van der Waals surface area (Å²) in [5.74, 6) is 0.338. The van der Waals surface area contributed by atoms with Gasteiger partial charge in [-0.2, -0.15) is 0 Å². The second kappa shape index (κ2) is 7.31. The molecule has 5 nitrogen and oxygen atoms in total. The van der Waals surface area contributed by atoms with E-state index in [-0.39, 0.29) is 12.5 Å². The SMILES string of the molecule is COCc1cccc(NC(=O)COc2cccc(N)c2)c1. The number of rotatable bonds is 6. The predicted octanol–water partition coefficient (Wildman–Crippen LogP) is 2.43. The number of carbonyl (C=O) groups is 1. The first-order valence-corrected chi connectivity index (χ1v) is 6.53. The van der Waals surface area contributed by atoms with Gasteiger partial charge in [0.05, 0.1) is 6.61 Å². The number of nitrogens with two attached hydrogens (primary N) is 1. The van der Waals surface area contributed by atoms with Crippen molar-refractivity contribution in [3.05, 3.63) is 54.1 Å². The zero-order valence-corrected chi connectivity index (χ0v) is 11.8. The van der Waals surface area contributed by atoms with Crippen LogP contribution in [0, 0.1) is 0 Å². The van der Waals surface area contributed by atoms with Crippen LogP contribution in [-0.2, 0) is 16.1 Å². The van der Waals surface area contributed by atoms with Crippen molar-refractivity contribution in [3.8, 4) is 5.75 Å². The van der Waals surface area contributed by atoms with Crippen LogP contribution in [0.5, 0.6) is 5.75 Å². The Bertz CT molecular complexity index is 614. The number of methoxy groups -OCH3 is 1. The smallest absolute Gasteiger partial charge is 0.262 e. The van der Waals surface area contributed by atoms with Gasteiger partial charge in [0.2, 0.25) is 0 Å². The van der Waals surface area contributed by atoms with Crippen molar-refractivity contribution in [2.45, 2.75) is 6.61 Å². The second-order valence-electron chi connectivity index (χ2n) is 4.54. The Morgan fingerprint density at radius 3 is 2.76 bits per heavy atom. The molecule has 3 N–H and O–H groups in total. The van der Waals surface area contributed by atoms with E-state index in [9.17, 15) is 4.79 Å². The average Bonchev–Trinajstić information content (AvgIpc) is 2.46. The fourth-order valence-corrected chi connectivity index (χ4v) is 1.86. The summed E-state index contributed by atoms with van der Waals surface area (Å²) in [7, 11) is 1.63. The van der Waals surface area contributed by atoms with Gasteiger partial charge in [-0.3, -0.25) is 4.79 Å². The molecule has 0 bridgehead atoms. The summed E-state index contributed by atoms with van der Waals surface area (Å²) in [5.41, 5.74) is 7.94. The molecule has 5 heteroatoms. The Hall–Kier alpha value is -2.53. The summed E-state index contributed by atoms with van der Waals surface area (Å²) in [6, 6.07) is 14.4. The van der Waals surface area contributed by atoms with E-state index < -0.39 is 0 Å². The molecule has 1 amide bonds. The van der Waals surface area contributed by atoms with Crippen molar-refractivity contribution in [1.29, 1.82) is 0 Å². The number of anilines is 2. The Kier molecular flexibility index (Phi) is 5.17. The summed E-state index contributed by atoms with van der Waals surface area (Å²) in [6.07, 6.45) is 0. The lowest BCUT2D eigenvalue weighted by molar-refractivity contribution is -0.118. The highest BCUT2D eigenvalue weighted by Gasteiger charge is 2.04. The molecule has 0 aliphatic carbocycles. The molecule has 0 fully saturated rings. The summed E-state index contributed by atoms with van der Waals surface area (Å²) in [6.45, 7) is 0.432. The second-order valence-corrected chi connectivity index (χ2v) is 4.54. The minimum absolute atomic E-state index is 0.0715. The Morgan fingerprint density at radius 2 is 2.00 bits per heavy atom. The Morgan fingerprint density at radius 1 is 1.19 bits per heavy atom. The summed E-state index contributed by atoms with van der Waals surface area (Å²) in [4.78, 5) is 11.8. The van der Waals surface area contributed by atoms with Crippen molar-refractivity contribution >= 4 is 17.3 Å². The molecule has 0 saturated heterocycles. The molecule has 0 atom stereocenters. The molecule has 0 aromatic heterocycles. The van der Waals surface area contributed by atoms with Crippen LogP contribution < -0.4 is 15.8 Å². The lowest BCUT2D eigenvalue weighted by Crippen LogP contribution is -2.20. The number of nitrogen functional groups attached to an aromatic ring is 1. The Labute approximate surface area is 123 Å². The van der Waals surface area contributed by atoms with Crippen molar-refractivity contribution in [2.24, 2.45) is 0 Å². The highest BCUT2D eigenvalue weighted by molar-refractivity contribution is 5.91. The normalized spacial score (nSPS) is 10.1. The summed E-state index contributed by atoms with van der Waals surface area (Å²) >= 11 is 0. The number of ether oxygens (including phenoxy) is 2. The molecule has 0 heterocycles. The van der Waals surface area contributed by atoms with Crippen LogP contribution in [0.1, 0.15) is 5.56 Å². The molecule has 110 valence electrons. The summed E-state index contributed by atoms with van der Waals surface area (Å²) in [5, 5.41) is 2.77. The standard InChI is InChI=1S/C16H18N2O3/c1-20-10-12-4-2-6-14(8-12)18-16(19)11-21-15-7-3-5-13(17)9-15/h2-9H,10-11,17H2,1H3,(H,18,19). The maximum atomic E-state index is 11.8. The first-order valence-electron chi connectivity index (χ1n) is 6.53. The topological polar surface area (TPSA) is 73.6 Å². The van der Waals surface area contributed by atoms with E-state index in [1.165, 1.54) is 0 Å². The van der Waals surface area contributed by atoms with Gasteiger partial charge in [0.25, 0.3) is 5.91 Å². The lowest BCUT2D eigenvalue weighted by Gasteiger charge is -2.09. The van der Waals surface area contributed by atoms with Crippen LogP contribution in [0.3, 0.4) is 0 Å². The van der Waals surface area contributed by atoms with Gasteiger partial charge in [0.1, 0.15) is 5.75 Å². The first-order chi connectivity index (χ1) is 10.2. The monoisotopic (exact) mass is 286 g/mol. The molecule has 0 aliphatic heterocycles. The van der Waals surface area contributed by atoms with Crippen molar-refractivity contribution in [3.63, 3.8) is 0 Å². The van der Waals surface area contributed by atoms with Crippen LogP contribution in [0.15, 0.2) is 48.5 Å². The lowest BCUT2D eigenvalue weighted by atomic mass is 10.2. The van der Waals surface area contributed by atoms with Crippen LogP contribution in [-0.4, -0.2) is 19.6 Å². The maximum Gasteiger partial charge on any atom is 0.262 e. The average molecular weight is 286 g/mol. The highest BCUT2D eigenvalue weighted by atomic mass is 16.5. The number of hydrogen-bond acceptors (Lipinski definition) is 4. The van der Waals surface area contributed by atoms with Crippen molar-refractivity contribution < 1.29 is 14.3 Å². The first kappa shape index (κ1) is 14.9. The van der Waals surface area contributed by atoms with Gasteiger partial charge in [-0.1, -0.05) is 18.2 Å². The quantitative estimate of drug-likeness (QED) is 0.800. The number of hydrogen-bond donors (Lipinski definition) is 2. The highest BCUT2D eigenvalue weighted by Crippen LogP contribution is 2.15. The van der Waals surface area contributed by atoms with Crippen LogP contribution in [0.4, 0.5) is 11.4 Å². The molecular formula is C16H18N2O3. The third-order valence-corrected chi connectivity index (χ3v) is 2.75. The Balaban J connectivity index is 1.88. The van der Waals surface area contributed by atoms with E-state index in [0.29, 0.717) is 23.7 Å². The van der Waals surface area contributed by atoms with E-state index in [1.807, 2.05) is 24.3 Å². The predicted molar refractivity (Wildman–Crippen MR) is 82.1 cm³/mol. The molecule has 2 aromatic rings. The van der Waals surface area contributed by atoms with E-state index in [2.05, 4.69) is 5.32 Å². The van der Waals surface area contributed by atoms with Crippen molar-refractivity contribution in [2.75, 3.05) is 24.8 Å². The van der Waals surface area contributed by atoms with E-state index in [0.717, 1.165) is 5.56 Å². The van der Waals surface area contributed by atoms with Gasteiger partial charge in [0, 0.05) is 24.6 Å². The fourth-order valence-electron chi connectivity index (χ4n) is 1.86. The molecular weight excluding hydrogens is 268 g/mol. The number of carbonyl (C=O) groups excluding carboxylic acids is 1. The van der Waals surface area contributed by atoms with E-state index >= 15 is 0 Å². The van der Waals surface area contributed by atoms with Gasteiger partial charge >= 0.3 is 0 Å². The molecule has 21 heavy (non-hydrogen) atoms. The molecule has 2 aromatic carbocycles. The molecule has 0 aliphatic rings. The maximum absolute atomic E-state index is 11.8. The van der Waals surface area contributed by atoms with E-state index in [1.54, 1.807) is 31.4 Å². The molecule has 0 radical (unpaired) electrons. The third-order valence-electron chi connectivity index (χ3n) is 2.75. The van der Waals surface area contributed by atoms with Crippen LogP contribution >= 0.6 is 0 Å².